The maximum absolute atomic E-state index is 12.6. The fraction of sp³-hybridized carbons (Fsp3) is 0.0800. The number of esters is 1. The van der Waals surface area contributed by atoms with Gasteiger partial charge in [0.25, 0.3) is 5.91 Å². The van der Waals surface area contributed by atoms with Crippen molar-refractivity contribution in [3.05, 3.63) is 102 Å². The Labute approximate surface area is 179 Å². The molecule has 1 amide bonds. The third-order valence-electron chi connectivity index (χ3n) is 4.82. The number of nitrogens with zero attached hydrogens (tertiary/aromatic N) is 2. The van der Waals surface area contributed by atoms with Crippen LogP contribution in [-0.4, -0.2) is 24.1 Å². The predicted octanol–water partition coefficient (Wildman–Crippen LogP) is 5.15. The van der Waals surface area contributed by atoms with E-state index in [1.54, 1.807) is 54.4 Å². The third-order valence-corrected chi connectivity index (χ3v) is 4.82. The van der Waals surface area contributed by atoms with Gasteiger partial charge in [-0.3, -0.25) is 4.79 Å². The minimum Gasteiger partial charge on any atom is -0.422 e. The number of hydrogen-bond donors (Lipinski definition) is 0. The van der Waals surface area contributed by atoms with E-state index in [4.69, 9.17) is 9.26 Å². The van der Waals surface area contributed by atoms with Crippen molar-refractivity contribution in [1.29, 1.82) is 0 Å². The predicted molar refractivity (Wildman–Crippen MR) is 117 cm³/mol. The number of ether oxygens (including phenoxy) is 1. The molecule has 0 saturated carbocycles. The van der Waals surface area contributed by atoms with Crippen LogP contribution in [0.1, 0.15) is 26.4 Å². The monoisotopic (exact) mass is 412 g/mol. The van der Waals surface area contributed by atoms with Crippen molar-refractivity contribution < 1.29 is 18.8 Å². The summed E-state index contributed by atoms with van der Waals surface area (Å²) in [5.74, 6) is 0.0805. The van der Waals surface area contributed by atoms with Gasteiger partial charge in [0.1, 0.15) is 5.75 Å². The average Bonchev–Trinajstić information content (AvgIpc) is 3.30. The summed E-state index contributed by atoms with van der Waals surface area (Å²) < 4.78 is 10.6. The van der Waals surface area contributed by atoms with Crippen molar-refractivity contribution >= 4 is 17.6 Å². The zero-order valence-electron chi connectivity index (χ0n) is 17.1. The number of hydrogen-bond acceptors (Lipinski definition) is 5. The molecule has 0 N–H and O–H groups in total. The van der Waals surface area contributed by atoms with Crippen LogP contribution in [0, 0.1) is 6.92 Å². The standard InChI is InChI=1S/C25H20N2O4/c1-17-8-10-19(11-9-17)24(28)27(2)20-12-14-21(15-13-20)30-25(29)22-16-23(31-26-22)18-6-4-3-5-7-18/h3-16H,1-2H3. The van der Waals surface area contributed by atoms with Gasteiger partial charge in [-0.05, 0) is 43.3 Å². The van der Waals surface area contributed by atoms with Crippen LogP contribution in [0.15, 0.2) is 89.5 Å². The molecule has 0 spiro atoms. The lowest BCUT2D eigenvalue weighted by Gasteiger charge is -2.17. The van der Waals surface area contributed by atoms with Gasteiger partial charge in [0, 0.05) is 29.9 Å². The van der Waals surface area contributed by atoms with Crippen molar-refractivity contribution in [3.8, 4) is 17.1 Å². The smallest absolute Gasteiger partial charge is 0.365 e. The molecule has 6 nitrogen and oxygen atoms in total. The first kappa shape index (κ1) is 20.1. The molecule has 0 bridgehead atoms. The van der Waals surface area contributed by atoms with Gasteiger partial charge in [-0.15, -0.1) is 0 Å². The molecule has 1 heterocycles. The summed E-state index contributed by atoms with van der Waals surface area (Å²) in [6.07, 6.45) is 0. The van der Waals surface area contributed by atoms with E-state index in [-0.39, 0.29) is 11.6 Å². The van der Waals surface area contributed by atoms with Crippen molar-refractivity contribution in [1.82, 2.24) is 5.16 Å². The summed E-state index contributed by atoms with van der Waals surface area (Å²) in [6, 6.07) is 25.0. The first-order valence-corrected chi connectivity index (χ1v) is 9.70. The maximum Gasteiger partial charge on any atom is 0.365 e. The van der Waals surface area contributed by atoms with Crippen LogP contribution < -0.4 is 9.64 Å². The summed E-state index contributed by atoms with van der Waals surface area (Å²) in [5.41, 5.74) is 3.27. The second-order valence-electron chi connectivity index (χ2n) is 7.06. The zero-order chi connectivity index (χ0) is 21.8. The van der Waals surface area contributed by atoms with Crippen molar-refractivity contribution in [2.75, 3.05) is 11.9 Å². The largest absolute Gasteiger partial charge is 0.422 e. The van der Waals surface area contributed by atoms with Crippen molar-refractivity contribution in [3.63, 3.8) is 0 Å². The highest BCUT2D eigenvalue weighted by atomic mass is 16.5. The van der Waals surface area contributed by atoms with E-state index >= 15 is 0 Å². The molecule has 31 heavy (non-hydrogen) atoms. The van der Waals surface area contributed by atoms with Crippen LogP contribution in [0.3, 0.4) is 0 Å². The summed E-state index contributed by atoms with van der Waals surface area (Å²) in [6.45, 7) is 1.97. The Hall–Kier alpha value is -4.19. The number of aromatic nitrogens is 1. The van der Waals surface area contributed by atoms with E-state index in [2.05, 4.69) is 5.16 Å². The number of rotatable bonds is 5. The molecule has 0 radical (unpaired) electrons. The fourth-order valence-corrected chi connectivity index (χ4v) is 3.01. The van der Waals surface area contributed by atoms with Gasteiger partial charge in [-0.25, -0.2) is 4.79 Å². The minimum absolute atomic E-state index is 0.0783. The fourth-order valence-electron chi connectivity index (χ4n) is 3.01. The van der Waals surface area contributed by atoms with Crippen molar-refractivity contribution in [2.45, 2.75) is 6.92 Å². The molecule has 0 saturated heterocycles. The molecular formula is C25H20N2O4. The Morgan fingerprint density at radius 2 is 1.58 bits per heavy atom. The zero-order valence-corrected chi connectivity index (χ0v) is 17.1. The Morgan fingerprint density at radius 3 is 2.26 bits per heavy atom. The van der Waals surface area contributed by atoms with E-state index in [1.807, 2.05) is 49.4 Å². The highest BCUT2D eigenvalue weighted by molar-refractivity contribution is 6.05. The van der Waals surface area contributed by atoms with Crippen LogP contribution in [0.2, 0.25) is 0 Å². The molecule has 4 rings (SSSR count). The minimum atomic E-state index is -0.622. The van der Waals surface area contributed by atoms with E-state index < -0.39 is 5.97 Å². The lowest BCUT2D eigenvalue weighted by molar-refractivity contribution is 0.0723. The van der Waals surface area contributed by atoms with Crippen LogP contribution in [0.4, 0.5) is 5.69 Å². The molecule has 0 aliphatic heterocycles. The van der Waals surface area contributed by atoms with Gasteiger partial charge < -0.3 is 14.2 Å². The van der Waals surface area contributed by atoms with E-state index in [0.717, 1.165) is 11.1 Å². The summed E-state index contributed by atoms with van der Waals surface area (Å²) in [5, 5.41) is 3.79. The number of carbonyl (C=O) groups is 2. The van der Waals surface area contributed by atoms with Crippen LogP contribution in [-0.2, 0) is 0 Å². The second-order valence-corrected chi connectivity index (χ2v) is 7.06. The normalized spacial score (nSPS) is 10.5. The molecule has 0 atom stereocenters. The number of amides is 1. The number of aryl methyl sites for hydroxylation is 1. The molecule has 4 aromatic rings. The Bertz CT molecular complexity index is 1200. The molecule has 1 aromatic heterocycles. The number of anilines is 1. The molecule has 0 fully saturated rings. The average molecular weight is 412 g/mol. The van der Waals surface area contributed by atoms with E-state index in [9.17, 15) is 9.59 Å². The maximum atomic E-state index is 12.6. The summed E-state index contributed by atoms with van der Waals surface area (Å²) >= 11 is 0. The van der Waals surface area contributed by atoms with Crippen LogP contribution >= 0.6 is 0 Å². The Balaban J connectivity index is 1.42. The molecular weight excluding hydrogens is 392 g/mol. The van der Waals surface area contributed by atoms with Crippen LogP contribution in [0.25, 0.3) is 11.3 Å². The van der Waals surface area contributed by atoms with Gasteiger partial charge >= 0.3 is 5.97 Å². The van der Waals surface area contributed by atoms with Gasteiger partial charge in [-0.1, -0.05) is 53.2 Å². The number of carbonyl (C=O) groups excluding carboxylic acids is 2. The number of benzene rings is 3. The highest BCUT2D eigenvalue weighted by Gasteiger charge is 2.17. The Kier molecular flexibility index (Phi) is 5.62. The topological polar surface area (TPSA) is 72.6 Å². The Morgan fingerprint density at radius 1 is 0.903 bits per heavy atom. The van der Waals surface area contributed by atoms with Gasteiger partial charge in [0.15, 0.2) is 11.5 Å². The highest BCUT2D eigenvalue weighted by Crippen LogP contribution is 2.23. The molecule has 6 heteroatoms. The van der Waals surface area contributed by atoms with E-state index in [0.29, 0.717) is 22.8 Å². The SMILES string of the molecule is Cc1ccc(C(=O)N(C)c2ccc(OC(=O)c3cc(-c4ccccc4)on3)cc2)cc1. The first-order chi connectivity index (χ1) is 15.0. The lowest BCUT2D eigenvalue weighted by Crippen LogP contribution is -2.26. The second kappa shape index (κ2) is 8.67. The summed E-state index contributed by atoms with van der Waals surface area (Å²) in [4.78, 5) is 26.6. The third kappa shape index (κ3) is 4.53. The first-order valence-electron chi connectivity index (χ1n) is 9.70. The molecule has 0 unspecified atom stereocenters. The summed E-state index contributed by atoms with van der Waals surface area (Å²) in [7, 11) is 1.70. The van der Waals surface area contributed by atoms with Gasteiger partial charge in [0.2, 0.25) is 0 Å². The molecule has 0 aliphatic carbocycles. The van der Waals surface area contributed by atoms with Crippen molar-refractivity contribution in [2.24, 2.45) is 0 Å². The van der Waals surface area contributed by atoms with Gasteiger partial charge in [-0.2, -0.15) is 0 Å². The molecule has 154 valence electrons. The quantitative estimate of drug-likeness (QED) is 0.335. The van der Waals surface area contributed by atoms with Crippen LogP contribution in [0.5, 0.6) is 5.75 Å². The molecule has 3 aromatic carbocycles. The van der Waals surface area contributed by atoms with E-state index in [1.165, 1.54) is 0 Å². The lowest BCUT2D eigenvalue weighted by atomic mass is 10.1. The molecule has 0 aliphatic rings. The van der Waals surface area contributed by atoms with Gasteiger partial charge in [0.05, 0.1) is 0 Å².